The molecule has 4 nitrogen and oxygen atoms in total. The zero-order valence-corrected chi connectivity index (χ0v) is 16.0. The van der Waals surface area contributed by atoms with Gasteiger partial charge in [0.15, 0.2) is 5.03 Å². The maximum absolute atomic E-state index is 12.7. The zero-order valence-electron chi connectivity index (χ0n) is 15.2. The number of halogens is 3. The van der Waals surface area contributed by atoms with Crippen molar-refractivity contribution in [2.75, 3.05) is 0 Å². The maximum atomic E-state index is 12.7. The van der Waals surface area contributed by atoms with E-state index < -0.39 is 6.36 Å². The van der Waals surface area contributed by atoms with Gasteiger partial charge in [0.1, 0.15) is 5.75 Å². The molecule has 1 heterocycles. The van der Waals surface area contributed by atoms with Crippen LogP contribution in [0.3, 0.4) is 0 Å². The number of nitrogens with zero attached hydrogens (tertiary/aromatic N) is 2. The fraction of sp³-hybridized carbons (Fsp3) is 0.200. The third-order valence-electron chi connectivity index (χ3n) is 4.11. The molecule has 0 saturated carbocycles. The van der Waals surface area contributed by atoms with Crippen molar-refractivity contribution in [1.82, 2.24) is 9.55 Å². The van der Waals surface area contributed by atoms with E-state index in [-0.39, 0.29) is 11.3 Å². The van der Waals surface area contributed by atoms with Gasteiger partial charge in [0, 0.05) is 23.8 Å². The van der Waals surface area contributed by atoms with Gasteiger partial charge in [-0.25, -0.2) is 4.98 Å². The van der Waals surface area contributed by atoms with Crippen LogP contribution in [0.1, 0.15) is 16.7 Å². The molecule has 1 aromatic heterocycles. The highest BCUT2D eigenvalue weighted by atomic mass is 32.2. The van der Waals surface area contributed by atoms with Gasteiger partial charge < -0.3 is 4.74 Å². The Labute approximate surface area is 164 Å². The van der Waals surface area contributed by atoms with Crippen LogP contribution in [-0.4, -0.2) is 15.9 Å². The molecule has 0 radical (unpaired) electrons. The molecule has 0 spiro atoms. The number of hydrogen-bond acceptors (Lipinski definition) is 4. The Morgan fingerprint density at radius 3 is 2.43 bits per heavy atom. The van der Waals surface area contributed by atoms with Crippen molar-refractivity contribution in [2.24, 2.45) is 0 Å². The van der Waals surface area contributed by atoms with Gasteiger partial charge in [-0.3, -0.25) is 9.36 Å². The van der Waals surface area contributed by atoms with E-state index in [1.54, 1.807) is 12.4 Å². The summed E-state index contributed by atoms with van der Waals surface area (Å²) in [7, 11) is 0. The molecule has 28 heavy (non-hydrogen) atoms. The predicted octanol–water partition coefficient (Wildman–Crippen LogP) is 5.04. The van der Waals surface area contributed by atoms with Gasteiger partial charge >= 0.3 is 6.36 Å². The minimum atomic E-state index is -4.72. The fourth-order valence-electron chi connectivity index (χ4n) is 2.51. The Hall–Kier alpha value is -2.74. The second-order valence-electron chi connectivity index (χ2n) is 6.16. The number of thioether (sulfide) groups is 1. The first-order valence-corrected chi connectivity index (χ1v) is 9.34. The van der Waals surface area contributed by atoms with Crippen molar-refractivity contribution in [1.29, 1.82) is 0 Å². The molecule has 3 aromatic rings. The van der Waals surface area contributed by atoms with Crippen LogP contribution in [0.25, 0.3) is 5.69 Å². The first kappa shape index (κ1) is 20.0. The van der Waals surface area contributed by atoms with Crippen molar-refractivity contribution in [3.63, 3.8) is 0 Å². The van der Waals surface area contributed by atoms with Gasteiger partial charge in [0.2, 0.25) is 0 Å². The molecule has 0 amide bonds. The van der Waals surface area contributed by atoms with E-state index in [2.05, 4.69) is 9.72 Å². The molecule has 0 bridgehead atoms. The molecule has 0 aliphatic heterocycles. The average molecular weight is 406 g/mol. The number of hydrogen-bond donors (Lipinski definition) is 0. The van der Waals surface area contributed by atoms with Gasteiger partial charge in [-0.05, 0) is 54.8 Å². The summed E-state index contributed by atoms with van der Waals surface area (Å²) < 4.78 is 42.0. The highest BCUT2D eigenvalue weighted by Gasteiger charge is 2.30. The monoisotopic (exact) mass is 406 g/mol. The molecular weight excluding hydrogens is 389 g/mol. The van der Waals surface area contributed by atoms with Gasteiger partial charge in [0.25, 0.3) is 5.56 Å². The third kappa shape index (κ3) is 4.95. The van der Waals surface area contributed by atoms with Crippen LogP contribution in [0.4, 0.5) is 13.2 Å². The average Bonchev–Trinajstić information content (AvgIpc) is 2.63. The number of benzene rings is 2. The number of rotatable bonds is 5. The van der Waals surface area contributed by atoms with Crippen molar-refractivity contribution in [3.8, 4) is 11.4 Å². The van der Waals surface area contributed by atoms with E-state index in [0.717, 1.165) is 22.4 Å². The summed E-state index contributed by atoms with van der Waals surface area (Å²) >= 11 is 1.23. The summed E-state index contributed by atoms with van der Waals surface area (Å²) in [5.74, 6) is 0.113. The second-order valence-corrected chi connectivity index (χ2v) is 7.12. The quantitative estimate of drug-likeness (QED) is 0.557. The largest absolute Gasteiger partial charge is 0.573 e. The van der Waals surface area contributed by atoms with Crippen molar-refractivity contribution < 1.29 is 17.9 Å². The van der Waals surface area contributed by atoms with Crippen LogP contribution in [0.2, 0.25) is 0 Å². The smallest absolute Gasteiger partial charge is 0.406 e. The lowest BCUT2D eigenvalue weighted by Gasteiger charge is -2.10. The summed E-state index contributed by atoms with van der Waals surface area (Å²) in [5.41, 5.74) is 3.48. The Morgan fingerprint density at radius 1 is 1.07 bits per heavy atom. The van der Waals surface area contributed by atoms with E-state index >= 15 is 0 Å². The lowest BCUT2D eigenvalue weighted by molar-refractivity contribution is -0.274. The first-order chi connectivity index (χ1) is 13.2. The van der Waals surface area contributed by atoms with Gasteiger partial charge in [-0.2, -0.15) is 0 Å². The van der Waals surface area contributed by atoms with Crippen molar-refractivity contribution in [3.05, 3.63) is 81.9 Å². The number of ether oxygens (including phenoxy) is 1. The molecule has 0 saturated heterocycles. The van der Waals surface area contributed by atoms with E-state index in [0.29, 0.717) is 10.8 Å². The summed E-state index contributed by atoms with van der Waals surface area (Å²) in [6.45, 7) is 3.98. The molecule has 0 fully saturated rings. The van der Waals surface area contributed by atoms with E-state index in [1.807, 2.05) is 32.0 Å². The van der Waals surface area contributed by atoms with Crippen LogP contribution < -0.4 is 10.3 Å². The Morgan fingerprint density at radius 2 is 1.79 bits per heavy atom. The third-order valence-corrected chi connectivity index (χ3v) is 5.14. The number of aromatic nitrogens is 2. The minimum absolute atomic E-state index is 0.243. The van der Waals surface area contributed by atoms with Gasteiger partial charge in [-0.1, -0.05) is 30.0 Å². The molecule has 0 aliphatic rings. The number of aryl methyl sites for hydroxylation is 2. The SMILES string of the molecule is Cc1ccc(-n2ccnc(SCc3ccc(OC(F)(F)F)cc3)c2=O)cc1C. The van der Waals surface area contributed by atoms with Crippen LogP contribution in [0.5, 0.6) is 5.75 Å². The second kappa shape index (κ2) is 8.10. The minimum Gasteiger partial charge on any atom is -0.406 e. The van der Waals surface area contributed by atoms with E-state index in [1.165, 1.54) is 40.6 Å². The Balaban J connectivity index is 1.75. The van der Waals surface area contributed by atoms with Crippen LogP contribution in [0.15, 0.2) is 64.7 Å². The summed E-state index contributed by atoms with van der Waals surface area (Å²) in [5, 5.41) is 0.316. The van der Waals surface area contributed by atoms with E-state index in [4.69, 9.17) is 0 Å². The molecule has 3 rings (SSSR count). The molecular formula is C20H17F3N2O2S. The van der Waals surface area contributed by atoms with Crippen LogP contribution >= 0.6 is 11.8 Å². The van der Waals surface area contributed by atoms with Gasteiger partial charge in [-0.15, -0.1) is 13.2 Å². The molecule has 0 aliphatic carbocycles. The topological polar surface area (TPSA) is 44.1 Å². The van der Waals surface area contributed by atoms with Crippen molar-refractivity contribution in [2.45, 2.75) is 31.0 Å². The Kier molecular flexibility index (Phi) is 5.79. The highest BCUT2D eigenvalue weighted by Crippen LogP contribution is 2.25. The fourth-order valence-corrected chi connectivity index (χ4v) is 3.36. The lowest BCUT2D eigenvalue weighted by atomic mass is 10.1. The molecule has 0 unspecified atom stereocenters. The molecule has 146 valence electrons. The summed E-state index contributed by atoms with van der Waals surface area (Å²) in [6, 6.07) is 11.3. The maximum Gasteiger partial charge on any atom is 0.573 e. The summed E-state index contributed by atoms with van der Waals surface area (Å²) in [6.07, 6.45) is -1.55. The molecule has 2 aromatic carbocycles. The van der Waals surface area contributed by atoms with Crippen LogP contribution in [-0.2, 0) is 5.75 Å². The molecule has 0 atom stereocenters. The van der Waals surface area contributed by atoms with Gasteiger partial charge in [0.05, 0.1) is 0 Å². The Bertz CT molecular complexity index is 1030. The highest BCUT2D eigenvalue weighted by molar-refractivity contribution is 7.98. The molecule has 0 N–H and O–H groups in total. The molecule has 8 heteroatoms. The van der Waals surface area contributed by atoms with Crippen molar-refractivity contribution >= 4 is 11.8 Å². The van der Waals surface area contributed by atoms with E-state index in [9.17, 15) is 18.0 Å². The normalized spacial score (nSPS) is 11.5. The standard InChI is InChI=1S/C20H17F3N2O2S/c1-13-3-6-16(11-14(13)2)25-10-9-24-18(19(25)26)28-12-15-4-7-17(8-5-15)27-20(21,22)23/h3-11H,12H2,1-2H3. The zero-order chi connectivity index (χ0) is 20.3. The summed E-state index contributed by atoms with van der Waals surface area (Å²) in [4.78, 5) is 16.9. The van der Waals surface area contributed by atoms with Crippen LogP contribution in [0, 0.1) is 13.8 Å². The number of alkyl halides is 3. The lowest BCUT2D eigenvalue weighted by Crippen LogP contribution is -2.20. The predicted molar refractivity (Wildman–Crippen MR) is 102 cm³/mol. The first-order valence-electron chi connectivity index (χ1n) is 8.36.